The third kappa shape index (κ3) is 4.34. The van der Waals surface area contributed by atoms with E-state index in [1.165, 1.54) is 11.8 Å². The van der Waals surface area contributed by atoms with Crippen LogP contribution in [0.2, 0.25) is 0 Å². The van der Waals surface area contributed by atoms with Crippen LogP contribution >= 0.6 is 11.8 Å². The molecule has 2 rings (SSSR count). The van der Waals surface area contributed by atoms with E-state index in [0.717, 1.165) is 11.1 Å². The summed E-state index contributed by atoms with van der Waals surface area (Å²) in [5, 5.41) is 11.1. The normalized spacial score (nSPS) is 12.4. The average molecular weight is 319 g/mol. The van der Waals surface area contributed by atoms with Gasteiger partial charge in [-0.2, -0.15) is 0 Å². The molecule has 118 valence electrons. The fraction of sp³-hybridized carbons (Fsp3) is 0.438. The van der Waals surface area contributed by atoms with E-state index in [-0.39, 0.29) is 11.2 Å². The maximum absolute atomic E-state index is 12.0. The maximum atomic E-state index is 12.0. The fourth-order valence-electron chi connectivity index (χ4n) is 1.83. The van der Waals surface area contributed by atoms with E-state index >= 15 is 0 Å². The fourth-order valence-corrected chi connectivity index (χ4v) is 2.54. The van der Waals surface area contributed by atoms with Gasteiger partial charge in [-0.25, -0.2) is 0 Å². The summed E-state index contributed by atoms with van der Waals surface area (Å²) in [6, 6.07) is 7.83. The van der Waals surface area contributed by atoms with E-state index < -0.39 is 0 Å². The number of carbonyl (C=O) groups is 1. The van der Waals surface area contributed by atoms with Gasteiger partial charge in [0, 0.05) is 12.1 Å². The molecule has 0 spiro atoms. The van der Waals surface area contributed by atoms with Crippen LogP contribution in [0.1, 0.15) is 26.3 Å². The van der Waals surface area contributed by atoms with E-state index in [4.69, 9.17) is 4.42 Å². The first-order valence-corrected chi connectivity index (χ1v) is 8.19. The van der Waals surface area contributed by atoms with Crippen molar-refractivity contribution in [3.63, 3.8) is 0 Å². The molecular weight excluding hydrogens is 298 g/mol. The quantitative estimate of drug-likeness (QED) is 0.827. The first kappa shape index (κ1) is 16.5. The topological polar surface area (TPSA) is 68.0 Å². The van der Waals surface area contributed by atoms with Crippen molar-refractivity contribution in [1.29, 1.82) is 0 Å². The van der Waals surface area contributed by atoms with Gasteiger partial charge in [0.05, 0.1) is 5.25 Å². The molecule has 0 aliphatic rings. The van der Waals surface area contributed by atoms with Crippen molar-refractivity contribution in [3.8, 4) is 11.5 Å². The lowest BCUT2D eigenvalue weighted by Gasteiger charge is -2.11. The number of nitrogens with zero attached hydrogens (tertiary/aromatic N) is 2. The predicted octanol–water partition coefficient (Wildman–Crippen LogP) is 3.30. The lowest BCUT2D eigenvalue weighted by molar-refractivity contribution is -0.120. The van der Waals surface area contributed by atoms with Crippen LogP contribution in [0.15, 0.2) is 33.9 Å². The monoisotopic (exact) mass is 319 g/mol. The number of nitrogens with one attached hydrogen (secondary N) is 1. The van der Waals surface area contributed by atoms with Crippen LogP contribution in [0.5, 0.6) is 0 Å². The average Bonchev–Trinajstić information content (AvgIpc) is 2.93. The predicted molar refractivity (Wildman–Crippen MR) is 87.6 cm³/mol. The van der Waals surface area contributed by atoms with Crippen LogP contribution in [0.25, 0.3) is 11.5 Å². The van der Waals surface area contributed by atoms with Gasteiger partial charge < -0.3 is 9.73 Å². The molecule has 0 saturated carbocycles. The maximum Gasteiger partial charge on any atom is 0.277 e. The van der Waals surface area contributed by atoms with Crippen LogP contribution in [-0.4, -0.2) is 27.9 Å². The summed E-state index contributed by atoms with van der Waals surface area (Å²) >= 11 is 1.27. The van der Waals surface area contributed by atoms with Crippen molar-refractivity contribution in [2.45, 2.75) is 38.2 Å². The molecular formula is C16H21N3O2S. The van der Waals surface area contributed by atoms with Gasteiger partial charge in [-0.15, -0.1) is 10.2 Å². The minimum Gasteiger partial charge on any atom is -0.411 e. The molecule has 0 unspecified atom stereocenters. The van der Waals surface area contributed by atoms with Crippen LogP contribution < -0.4 is 5.32 Å². The zero-order chi connectivity index (χ0) is 16.1. The molecule has 1 atom stereocenters. The van der Waals surface area contributed by atoms with E-state index in [1.54, 1.807) is 0 Å². The van der Waals surface area contributed by atoms with Crippen molar-refractivity contribution in [1.82, 2.24) is 15.5 Å². The number of aromatic nitrogens is 2. The molecule has 5 nitrogen and oxygen atoms in total. The molecule has 1 amide bonds. The summed E-state index contributed by atoms with van der Waals surface area (Å²) in [7, 11) is 0. The summed E-state index contributed by atoms with van der Waals surface area (Å²) in [4.78, 5) is 12.0. The standard InChI is InChI=1S/C16H21N3O2S/c1-10(2)9-17-14(20)12(4)22-16-19-18-15(21-16)13-8-6-5-7-11(13)3/h5-8,10,12H,9H2,1-4H3,(H,17,20)/t12-/m0/s1. The molecule has 0 fully saturated rings. The molecule has 0 aliphatic carbocycles. The Hall–Kier alpha value is -1.82. The van der Waals surface area contributed by atoms with Gasteiger partial charge in [0.2, 0.25) is 11.8 Å². The zero-order valence-electron chi connectivity index (χ0n) is 13.3. The second-order valence-electron chi connectivity index (χ2n) is 5.59. The van der Waals surface area contributed by atoms with E-state index in [1.807, 2.05) is 38.1 Å². The molecule has 0 bridgehead atoms. The van der Waals surface area contributed by atoms with Gasteiger partial charge in [-0.3, -0.25) is 4.79 Å². The molecule has 6 heteroatoms. The summed E-state index contributed by atoms with van der Waals surface area (Å²) < 4.78 is 5.66. The van der Waals surface area contributed by atoms with E-state index in [9.17, 15) is 4.79 Å². The number of thioether (sulfide) groups is 1. The third-order valence-corrected chi connectivity index (χ3v) is 4.05. The zero-order valence-corrected chi connectivity index (χ0v) is 14.1. The molecule has 0 aliphatic heterocycles. The third-order valence-electron chi connectivity index (χ3n) is 3.11. The van der Waals surface area contributed by atoms with Gasteiger partial charge in [-0.1, -0.05) is 43.8 Å². The smallest absolute Gasteiger partial charge is 0.277 e. The SMILES string of the molecule is Cc1ccccc1-c1nnc(S[C@@H](C)C(=O)NCC(C)C)o1. The van der Waals surface area contributed by atoms with Crippen LogP contribution in [-0.2, 0) is 4.79 Å². The molecule has 0 saturated heterocycles. The van der Waals surface area contributed by atoms with Crippen molar-refractivity contribution >= 4 is 17.7 Å². The Morgan fingerprint density at radius 2 is 2.00 bits per heavy atom. The minimum atomic E-state index is -0.274. The largest absolute Gasteiger partial charge is 0.411 e. The summed E-state index contributed by atoms with van der Waals surface area (Å²) in [5.41, 5.74) is 1.99. The highest BCUT2D eigenvalue weighted by molar-refractivity contribution is 8.00. The number of hydrogen-bond acceptors (Lipinski definition) is 5. The lowest BCUT2D eigenvalue weighted by Crippen LogP contribution is -2.33. The Balaban J connectivity index is 2.00. The van der Waals surface area contributed by atoms with Gasteiger partial charge in [0.25, 0.3) is 5.22 Å². The Bertz CT molecular complexity index is 640. The number of carbonyl (C=O) groups excluding carboxylic acids is 1. The molecule has 1 aromatic carbocycles. The molecule has 2 aromatic rings. The van der Waals surface area contributed by atoms with Crippen molar-refractivity contribution < 1.29 is 9.21 Å². The molecule has 1 aromatic heterocycles. The van der Waals surface area contributed by atoms with Crippen LogP contribution in [0.4, 0.5) is 0 Å². The van der Waals surface area contributed by atoms with Crippen LogP contribution in [0.3, 0.4) is 0 Å². The van der Waals surface area contributed by atoms with Gasteiger partial charge in [-0.05, 0) is 31.4 Å². The van der Waals surface area contributed by atoms with Crippen molar-refractivity contribution in [2.24, 2.45) is 5.92 Å². The number of amides is 1. The molecule has 1 N–H and O–H groups in total. The van der Waals surface area contributed by atoms with E-state index in [0.29, 0.717) is 23.6 Å². The molecule has 1 heterocycles. The second-order valence-corrected chi connectivity index (χ2v) is 6.88. The Labute approximate surface area is 134 Å². The Kier molecular flexibility index (Phi) is 5.60. The highest BCUT2D eigenvalue weighted by Gasteiger charge is 2.19. The molecule has 0 radical (unpaired) electrons. The van der Waals surface area contributed by atoms with Gasteiger partial charge >= 0.3 is 0 Å². The van der Waals surface area contributed by atoms with Crippen molar-refractivity contribution in [2.75, 3.05) is 6.54 Å². The lowest BCUT2D eigenvalue weighted by atomic mass is 10.1. The Morgan fingerprint density at radius 1 is 1.27 bits per heavy atom. The van der Waals surface area contributed by atoms with Gasteiger partial charge in [0.1, 0.15) is 0 Å². The second kappa shape index (κ2) is 7.45. The Morgan fingerprint density at radius 3 is 2.68 bits per heavy atom. The summed E-state index contributed by atoms with van der Waals surface area (Å²) in [6.45, 7) is 8.61. The summed E-state index contributed by atoms with van der Waals surface area (Å²) in [6.07, 6.45) is 0. The first-order valence-electron chi connectivity index (χ1n) is 7.31. The summed E-state index contributed by atoms with van der Waals surface area (Å²) in [5.74, 6) is 0.891. The van der Waals surface area contributed by atoms with Gasteiger partial charge in [0.15, 0.2) is 0 Å². The number of hydrogen-bond donors (Lipinski definition) is 1. The van der Waals surface area contributed by atoms with Crippen molar-refractivity contribution in [3.05, 3.63) is 29.8 Å². The number of aryl methyl sites for hydroxylation is 1. The minimum absolute atomic E-state index is 0.0191. The van der Waals surface area contributed by atoms with E-state index in [2.05, 4.69) is 29.4 Å². The number of benzene rings is 1. The first-order chi connectivity index (χ1) is 10.5. The number of rotatable bonds is 6. The highest BCUT2D eigenvalue weighted by atomic mass is 32.2. The molecule has 22 heavy (non-hydrogen) atoms. The highest BCUT2D eigenvalue weighted by Crippen LogP contribution is 2.27. The van der Waals surface area contributed by atoms with Crippen LogP contribution in [0, 0.1) is 12.8 Å².